The van der Waals surface area contributed by atoms with E-state index in [9.17, 15) is 13.2 Å². The Morgan fingerprint density at radius 1 is 1.44 bits per heavy atom. The summed E-state index contributed by atoms with van der Waals surface area (Å²) < 4.78 is 24.1. The van der Waals surface area contributed by atoms with E-state index < -0.39 is 15.2 Å². The molecule has 0 rings (SSSR count). The van der Waals surface area contributed by atoms with Crippen molar-refractivity contribution in [1.29, 1.82) is 0 Å². The minimum atomic E-state index is -4.11. The molecule has 0 heterocycles. The van der Waals surface area contributed by atoms with Crippen molar-refractivity contribution < 1.29 is 22.4 Å². The van der Waals surface area contributed by atoms with Crippen molar-refractivity contribution >= 4 is 15.2 Å². The molecule has 0 fully saturated rings. The van der Waals surface area contributed by atoms with Gasteiger partial charge in [0.1, 0.15) is 0 Å². The Morgan fingerprint density at radius 3 is 2.00 bits per heavy atom. The molecule has 0 N–H and O–H groups in total. The van der Waals surface area contributed by atoms with Crippen LogP contribution < -0.4 is 0 Å². The minimum absolute atomic E-state index is 0.869. The Hall–Kier alpha value is -0.460. The van der Waals surface area contributed by atoms with Crippen molar-refractivity contribution in [2.45, 2.75) is 6.92 Å². The van der Waals surface area contributed by atoms with Crippen LogP contribution in [0.3, 0.4) is 0 Å². The first-order valence-corrected chi connectivity index (χ1v) is 3.39. The van der Waals surface area contributed by atoms with Gasteiger partial charge in [0.15, 0.2) is 0 Å². The van der Waals surface area contributed by atoms with Gasteiger partial charge in [0.05, 0.1) is 7.11 Å². The maximum Gasteiger partial charge on any atom is 0.357 e. The Morgan fingerprint density at radius 2 is 1.89 bits per heavy atom. The van der Waals surface area contributed by atoms with Crippen LogP contribution in [0.4, 0.5) is 0 Å². The van der Waals surface area contributed by atoms with E-state index in [1.165, 1.54) is 0 Å². The second-order valence-corrected chi connectivity index (χ2v) is 2.80. The molecule has 0 radical (unpaired) electrons. The number of carbonyl (C=O) groups is 1. The minimum Gasteiger partial charge on any atom is -0.279 e. The third-order valence-corrected chi connectivity index (χ3v) is 1.53. The van der Waals surface area contributed by atoms with Crippen molar-refractivity contribution in [3.8, 4) is 0 Å². The Labute approximate surface area is 52.6 Å². The van der Waals surface area contributed by atoms with E-state index in [4.69, 9.17) is 0 Å². The van der Waals surface area contributed by atoms with E-state index in [2.05, 4.69) is 9.22 Å². The molecule has 54 valence electrons. The van der Waals surface area contributed by atoms with Gasteiger partial charge in [-0.25, -0.2) is 4.89 Å². The van der Waals surface area contributed by atoms with Crippen molar-refractivity contribution in [2.75, 3.05) is 7.11 Å². The molecule has 0 saturated carbocycles. The molecule has 0 atom stereocenters. The Kier molecular flexibility index (Phi) is 2.75. The van der Waals surface area contributed by atoms with Crippen molar-refractivity contribution in [3.63, 3.8) is 0 Å². The summed E-state index contributed by atoms with van der Waals surface area (Å²) in [6.07, 6.45) is 0. The second kappa shape index (κ2) is 2.90. The zero-order valence-corrected chi connectivity index (χ0v) is 5.77. The highest BCUT2D eigenvalue weighted by atomic mass is 32.2. The third kappa shape index (κ3) is 2.54. The normalized spacial score (nSPS) is 11.3. The zero-order chi connectivity index (χ0) is 7.49. The molecule has 0 spiro atoms. The molecule has 0 saturated heterocycles. The predicted octanol–water partition coefficient (Wildman–Crippen LogP) is -0.559. The summed E-state index contributed by atoms with van der Waals surface area (Å²) in [4.78, 5) is 13.8. The first-order chi connectivity index (χ1) is 4.00. The molecule has 0 aromatic carbocycles. The maximum absolute atomic E-state index is 10.2. The second-order valence-electron chi connectivity index (χ2n) is 1.18. The SMILES string of the molecule is COOS(=O)(=O)C(C)=O. The molecular formula is C3H6O5S. The Balaban J connectivity index is 4.23. The van der Waals surface area contributed by atoms with Gasteiger partial charge in [-0.3, -0.25) is 4.79 Å². The van der Waals surface area contributed by atoms with E-state index in [1.807, 2.05) is 0 Å². The van der Waals surface area contributed by atoms with Gasteiger partial charge in [0, 0.05) is 6.92 Å². The fourth-order valence-corrected chi connectivity index (χ4v) is 0.412. The monoisotopic (exact) mass is 154 g/mol. The summed E-state index contributed by atoms with van der Waals surface area (Å²) in [5, 5.41) is -1.08. The lowest BCUT2D eigenvalue weighted by molar-refractivity contribution is -0.173. The fraction of sp³-hybridized carbons (Fsp3) is 0.667. The number of rotatable bonds is 2. The van der Waals surface area contributed by atoms with Crippen LogP contribution >= 0.6 is 0 Å². The topological polar surface area (TPSA) is 69.7 Å². The van der Waals surface area contributed by atoms with Gasteiger partial charge >= 0.3 is 10.1 Å². The predicted molar refractivity (Wildman–Crippen MR) is 27.7 cm³/mol. The van der Waals surface area contributed by atoms with E-state index in [0.717, 1.165) is 14.0 Å². The van der Waals surface area contributed by atoms with Crippen LogP contribution in [0.5, 0.6) is 0 Å². The summed E-state index contributed by atoms with van der Waals surface area (Å²) in [6, 6.07) is 0. The molecular weight excluding hydrogens is 148 g/mol. The highest BCUT2D eigenvalue weighted by molar-refractivity contribution is 8.01. The van der Waals surface area contributed by atoms with Gasteiger partial charge in [-0.05, 0) is 0 Å². The van der Waals surface area contributed by atoms with Gasteiger partial charge in [0.25, 0.3) is 5.12 Å². The van der Waals surface area contributed by atoms with Gasteiger partial charge in [-0.2, -0.15) is 8.42 Å². The number of hydrogen-bond acceptors (Lipinski definition) is 5. The summed E-state index contributed by atoms with van der Waals surface area (Å²) in [5.41, 5.74) is 0. The lowest BCUT2D eigenvalue weighted by atomic mass is 10.9. The van der Waals surface area contributed by atoms with Crippen LogP contribution in [0.15, 0.2) is 0 Å². The van der Waals surface area contributed by atoms with E-state index in [0.29, 0.717) is 0 Å². The molecule has 0 aliphatic heterocycles. The molecule has 0 aromatic rings. The molecule has 0 bridgehead atoms. The van der Waals surface area contributed by atoms with Gasteiger partial charge in [-0.1, -0.05) is 0 Å². The van der Waals surface area contributed by atoms with Crippen LogP contribution in [0.25, 0.3) is 0 Å². The van der Waals surface area contributed by atoms with Crippen LogP contribution in [0, 0.1) is 0 Å². The number of hydrogen-bond donors (Lipinski definition) is 0. The summed E-state index contributed by atoms with van der Waals surface area (Å²) >= 11 is 0. The average molecular weight is 154 g/mol. The standard InChI is InChI=1S/C3H6O5S/c1-3(4)9(5,6)8-7-2/h1-2H3. The summed E-state index contributed by atoms with van der Waals surface area (Å²) in [7, 11) is -3.11. The molecule has 6 heteroatoms. The molecule has 0 aliphatic rings. The fourth-order valence-electron chi connectivity index (χ4n) is 0.137. The molecule has 5 nitrogen and oxygen atoms in total. The van der Waals surface area contributed by atoms with Crippen molar-refractivity contribution in [2.24, 2.45) is 0 Å². The lowest BCUT2D eigenvalue weighted by Gasteiger charge is -1.93. The number of carbonyl (C=O) groups excluding carboxylic acids is 1. The summed E-state index contributed by atoms with van der Waals surface area (Å²) in [6.45, 7) is 0.869. The smallest absolute Gasteiger partial charge is 0.279 e. The average Bonchev–Trinajstić information content (AvgIpc) is 1.65. The van der Waals surface area contributed by atoms with Gasteiger partial charge < -0.3 is 0 Å². The maximum atomic E-state index is 10.2. The van der Waals surface area contributed by atoms with Crippen molar-refractivity contribution in [1.82, 2.24) is 0 Å². The molecule has 0 unspecified atom stereocenters. The molecule has 0 amide bonds. The first kappa shape index (κ1) is 8.54. The van der Waals surface area contributed by atoms with Crippen LogP contribution in [0.2, 0.25) is 0 Å². The zero-order valence-electron chi connectivity index (χ0n) is 4.95. The van der Waals surface area contributed by atoms with E-state index in [1.54, 1.807) is 0 Å². The third-order valence-electron chi connectivity index (χ3n) is 0.510. The first-order valence-electron chi connectivity index (χ1n) is 1.98. The molecule has 0 aromatic heterocycles. The highest BCUT2D eigenvalue weighted by Gasteiger charge is 2.17. The van der Waals surface area contributed by atoms with E-state index in [-0.39, 0.29) is 0 Å². The van der Waals surface area contributed by atoms with Gasteiger partial charge in [0.2, 0.25) is 0 Å². The largest absolute Gasteiger partial charge is 0.357 e. The summed E-state index contributed by atoms with van der Waals surface area (Å²) in [5.74, 6) is 0. The van der Waals surface area contributed by atoms with Gasteiger partial charge in [-0.15, -0.1) is 4.33 Å². The van der Waals surface area contributed by atoms with Crippen LogP contribution in [-0.2, 0) is 24.1 Å². The highest BCUT2D eigenvalue weighted by Crippen LogP contribution is 1.92. The Bertz CT molecular complexity index is 190. The van der Waals surface area contributed by atoms with E-state index >= 15 is 0 Å². The molecule has 9 heavy (non-hydrogen) atoms. The molecule has 0 aliphatic carbocycles. The quantitative estimate of drug-likeness (QED) is 0.394. The van der Waals surface area contributed by atoms with Crippen LogP contribution in [-0.4, -0.2) is 20.6 Å². The van der Waals surface area contributed by atoms with Crippen molar-refractivity contribution in [3.05, 3.63) is 0 Å². The lowest BCUT2D eigenvalue weighted by Crippen LogP contribution is -2.13. The van der Waals surface area contributed by atoms with Crippen LogP contribution in [0.1, 0.15) is 6.92 Å².